The second-order valence-electron chi connectivity index (χ2n) is 6.01. The van der Waals surface area contributed by atoms with E-state index in [1.54, 1.807) is 0 Å². The molecule has 1 aliphatic carbocycles. The number of hydrogen-bond acceptors (Lipinski definition) is 3. The largest absolute Gasteiger partial charge is 0.445 e. The fraction of sp³-hybridized carbons (Fsp3) is 0.316. The molecule has 120 valence electrons. The van der Waals surface area contributed by atoms with Gasteiger partial charge < -0.3 is 15.2 Å². The van der Waals surface area contributed by atoms with Crippen LogP contribution < -0.4 is 5.32 Å². The van der Waals surface area contributed by atoms with Crippen molar-refractivity contribution in [2.75, 3.05) is 0 Å². The summed E-state index contributed by atoms with van der Waals surface area (Å²) in [5.74, 6) is 0. The Labute approximate surface area is 136 Å². The molecule has 0 saturated heterocycles. The molecule has 1 amide bonds. The molecule has 1 saturated carbocycles. The lowest BCUT2D eigenvalue weighted by Gasteiger charge is -2.43. The highest BCUT2D eigenvalue weighted by Crippen LogP contribution is 2.42. The number of hydrogen-bond donors (Lipinski definition) is 2. The number of amides is 1. The molecule has 4 heteroatoms. The Morgan fingerprint density at radius 2 is 1.70 bits per heavy atom. The average molecular weight is 311 g/mol. The molecule has 2 aromatic carbocycles. The Hall–Kier alpha value is -2.33. The van der Waals surface area contributed by atoms with E-state index in [0.717, 1.165) is 17.5 Å². The monoisotopic (exact) mass is 311 g/mol. The smallest absolute Gasteiger partial charge is 0.408 e. The molecule has 1 unspecified atom stereocenters. The molecule has 0 aromatic heterocycles. The van der Waals surface area contributed by atoms with Gasteiger partial charge in [-0.1, -0.05) is 60.7 Å². The standard InChI is InChI=1S/C19H21NO3/c21-18(23-14-15-8-3-1-4-9-15)20-17(19(22)12-7-13-19)16-10-5-2-6-11-16/h1-6,8-11,17,22H,7,12-14H2,(H,20,21). The van der Waals surface area contributed by atoms with Crippen molar-refractivity contribution in [3.05, 3.63) is 71.8 Å². The summed E-state index contributed by atoms with van der Waals surface area (Å²) >= 11 is 0. The number of nitrogens with one attached hydrogen (secondary N) is 1. The number of aliphatic hydroxyl groups is 1. The fourth-order valence-electron chi connectivity index (χ4n) is 2.88. The molecular weight excluding hydrogens is 290 g/mol. The molecule has 1 fully saturated rings. The van der Waals surface area contributed by atoms with Gasteiger partial charge in [0.2, 0.25) is 0 Å². The van der Waals surface area contributed by atoms with Crippen molar-refractivity contribution in [1.82, 2.24) is 5.32 Å². The second kappa shape index (κ2) is 6.84. The highest BCUT2D eigenvalue weighted by molar-refractivity contribution is 5.68. The fourth-order valence-corrected chi connectivity index (χ4v) is 2.88. The number of rotatable bonds is 5. The van der Waals surface area contributed by atoms with Gasteiger partial charge >= 0.3 is 6.09 Å². The summed E-state index contributed by atoms with van der Waals surface area (Å²) in [6.07, 6.45) is 1.83. The van der Waals surface area contributed by atoms with Gasteiger partial charge in [-0.2, -0.15) is 0 Å². The minimum Gasteiger partial charge on any atom is -0.445 e. The van der Waals surface area contributed by atoms with E-state index in [9.17, 15) is 9.90 Å². The van der Waals surface area contributed by atoms with Crippen molar-refractivity contribution in [2.24, 2.45) is 0 Å². The van der Waals surface area contributed by atoms with E-state index in [2.05, 4.69) is 5.32 Å². The van der Waals surface area contributed by atoms with Crippen LogP contribution in [-0.4, -0.2) is 16.8 Å². The quantitative estimate of drug-likeness (QED) is 0.887. The van der Waals surface area contributed by atoms with Crippen molar-refractivity contribution in [3.63, 3.8) is 0 Å². The number of carbonyl (C=O) groups excluding carboxylic acids is 1. The van der Waals surface area contributed by atoms with Crippen molar-refractivity contribution in [1.29, 1.82) is 0 Å². The van der Waals surface area contributed by atoms with Crippen molar-refractivity contribution in [3.8, 4) is 0 Å². The van der Waals surface area contributed by atoms with Crippen LogP contribution in [0.5, 0.6) is 0 Å². The molecule has 0 spiro atoms. The maximum Gasteiger partial charge on any atom is 0.408 e. The second-order valence-corrected chi connectivity index (χ2v) is 6.01. The first-order valence-corrected chi connectivity index (χ1v) is 7.92. The zero-order valence-corrected chi connectivity index (χ0v) is 12.9. The van der Waals surface area contributed by atoms with Gasteiger partial charge in [-0.3, -0.25) is 0 Å². The Bertz CT molecular complexity index is 638. The summed E-state index contributed by atoms with van der Waals surface area (Å²) in [6.45, 7) is 0.215. The first-order valence-electron chi connectivity index (χ1n) is 7.92. The van der Waals surface area contributed by atoms with Gasteiger partial charge in [0, 0.05) is 0 Å². The lowest BCUT2D eigenvalue weighted by Crippen LogP contribution is -2.50. The topological polar surface area (TPSA) is 58.6 Å². The molecule has 3 rings (SSSR count). The van der Waals surface area contributed by atoms with Gasteiger partial charge in [0.15, 0.2) is 0 Å². The van der Waals surface area contributed by atoms with Crippen LogP contribution in [-0.2, 0) is 11.3 Å². The summed E-state index contributed by atoms with van der Waals surface area (Å²) in [5, 5.41) is 13.5. The van der Waals surface area contributed by atoms with E-state index in [0.29, 0.717) is 12.8 Å². The first-order chi connectivity index (χ1) is 11.2. The number of ether oxygens (including phenoxy) is 1. The summed E-state index contributed by atoms with van der Waals surface area (Å²) in [4.78, 5) is 12.1. The predicted octanol–water partition coefficient (Wildman–Crippen LogP) is 3.57. The molecule has 2 aromatic rings. The van der Waals surface area contributed by atoms with E-state index < -0.39 is 17.7 Å². The molecule has 1 atom stereocenters. The predicted molar refractivity (Wildman–Crippen MR) is 87.7 cm³/mol. The van der Waals surface area contributed by atoms with Gasteiger partial charge in [-0.15, -0.1) is 0 Å². The van der Waals surface area contributed by atoms with E-state index in [1.807, 2.05) is 60.7 Å². The molecule has 0 radical (unpaired) electrons. The zero-order valence-electron chi connectivity index (χ0n) is 12.9. The summed E-state index contributed by atoms with van der Waals surface area (Å²) < 4.78 is 5.28. The Morgan fingerprint density at radius 1 is 1.09 bits per heavy atom. The lowest BCUT2D eigenvalue weighted by molar-refractivity contribution is -0.0655. The molecule has 0 bridgehead atoms. The average Bonchev–Trinajstić information content (AvgIpc) is 2.57. The van der Waals surface area contributed by atoms with Crippen LogP contribution in [0, 0.1) is 0 Å². The minimum atomic E-state index is -0.882. The van der Waals surface area contributed by atoms with Crippen LogP contribution in [0.2, 0.25) is 0 Å². The maximum absolute atomic E-state index is 12.1. The van der Waals surface area contributed by atoms with Gasteiger partial charge in [0.05, 0.1) is 11.6 Å². The van der Waals surface area contributed by atoms with Crippen LogP contribution >= 0.6 is 0 Å². The van der Waals surface area contributed by atoms with Crippen LogP contribution in [0.3, 0.4) is 0 Å². The molecular formula is C19H21NO3. The molecule has 0 heterocycles. The number of alkyl carbamates (subject to hydrolysis) is 1. The van der Waals surface area contributed by atoms with Gasteiger partial charge in [-0.25, -0.2) is 4.79 Å². The Morgan fingerprint density at radius 3 is 2.26 bits per heavy atom. The van der Waals surface area contributed by atoms with Crippen molar-refractivity contribution >= 4 is 6.09 Å². The maximum atomic E-state index is 12.1. The molecule has 1 aliphatic rings. The van der Waals surface area contributed by atoms with Crippen molar-refractivity contribution in [2.45, 2.75) is 37.5 Å². The number of benzene rings is 2. The van der Waals surface area contributed by atoms with E-state index in [4.69, 9.17) is 4.74 Å². The normalized spacial score (nSPS) is 16.9. The minimum absolute atomic E-state index is 0.215. The molecule has 2 N–H and O–H groups in total. The van der Waals surface area contributed by atoms with Gasteiger partial charge in [0.25, 0.3) is 0 Å². The highest BCUT2D eigenvalue weighted by Gasteiger charge is 2.44. The van der Waals surface area contributed by atoms with Gasteiger partial charge in [-0.05, 0) is 30.4 Å². The lowest BCUT2D eigenvalue weighted by atomic mass is 9.72. The Kier molecular flexibility index (Phi) is 4.63. The van der Waals surface area contributed by atoms with E-state index in [1.165, 1.54) is 0 Å². The molecule has 4 nitrogen and oxygen atoms in total. The van der Waals surface area contributed by atoms with Crippen LogP contribution in [0.15, 0.2) is 60.7 Å². The first kappa shape index (κ1) is 15.6. The highest BCUT2D eigenvalue weighted by atomic mass is 16.5. The van der Waals surface area contributed by atoms with Crippen LogP contribution in [0.1, 0.15) is 36.4 Å². The van der Waals surface area contributed by atoms with E-state index >= 15 is 0 Å². The third kappa shape index (κ3) is 3.71. The molecule has 23 heavy (non-hydrogen) atoms. The van der Waals surface area contributed by atoms with Crippen molar-refractivity contribution < 1.29 is 14.6 Å². The SMILES string of the molecule is O=C(NC(c1ccccc1)C1(O)CCC1)OCc1ccccc1. The summed E-state index contributed by atoms with van der Waals surface area (Å²) in [6, 6.07) is 18.6. The molecule has 0 aliphatic heterocycles. The Balaban J connectivity index is 1.65. The summed E-state index contributed by atoms with van der Waals surface area (Å²) in [7, 11) is 0. The third-order valence-electron chi connectivity index (χ3n) is 4.36. The van der Waals surface area contributed by atoms with Crippen LogP contribution in [0.4, 0.5) is 4.79 Å². The van der Waals surface area contributed by atoms with E-state index in [-0.39, 0.29) is 6.61 Å². The van der Waals surface area contributed by atoms with Crippen LogP contribution in [0.25, 0.3) is 0 Å². The zero-order chi connectivity index (χ0) is 16.1. The summed E-state index contributed by atoms with van der Waals surface area (Å²) in [5.41, 5.74) is 0.945. The third-order valence-corrected chi connectivity index (χ3v) is 4.36. The van der Waals surface area contributed by atoms with Gasteiger partial charge in [0.1, 0.15) is 6.61 Å². The number of carbonyl (C=O) groups is 1.